The fraction of sp³-hybridized carbons (Fsp3) is 0.280. The zero-order chi connectivity index (χ0) is 24.1. The van der Waals surface area contributed by atoms with Crippen LogP contribution in [0.2, 0.25) is 0 Å². The molecule has 0 saturated carbocycles. The Hall–Kier alpha value is -3.94. The SMILES string of the molecule is C=C(C=O)CN1Cc2c(cc(N)cc2-c2ccc3c(c2)c(C)nn3C(=O)OC(C)(C)C)C1=O. The first-order valence-electron chi connectivity index (χ1n) is 10.6. The number of hydrogen-bond donors (Lipinski definition) is 1. The molecule has 2 aromatic carbocycles. The van der Waals surface area contributed by atoms with Crippen molar-refractivity contribution in [1.29, 1.82) is 0 Å². The highest BCUT2D eigenvalue weighted by atomic mass is 16.6. The van der Waals surface area contributed by atoms with E-state index < -0.39 is 11.7 Å². The van der Waals surface area contributed by atoms with Crippen LogP contribution in [0.25, 0.3) is 22.0 Å². The molecule has 0 spiro atoms. The number of nitrogens with two attached hydrogens (primary N) is 1. The van der Waals surface area contributed by atoms with Crippen molar-refractivity contribution in [3.8, 4) is 11.1 Å². The lowest BCUT2D eigenvalue weighted by atomic mass is 9.95. The molecule has 0 saturated heterocycles. The first-order valence-corrected chi connectivity index (χ1v) is 10.6. The fourth-order valence-corrected chi connectivity index (χ4v) is 4.04. The number of amides is 1. The summed E-state index contributed by atoms with van der Waals surface area (Å²) in [7, 11) is 0. The maximum atomic E-state index is 12.9. The lowest BCUT2D eigenvalue weighted by Crippen LogP contribution is -2.27. The second-order valence-electron chi connectivity index (χ2n) is 9.24. The van der Waals surface area contributed by atoms with E-state index >= 15 is 0 Å². The maximum absolute atomic E-state index is 12.9. The van der Waals surface area contributed by atoms with Crippen molar-refractivity contribution in [3.05, 3.63) is 59.3 Å². The smallest absolute Gasteiger partial charge is 0.435 e. The number of hydrogen-bond acceptors (Lipinski definition) is 6. The van der Waals surface area contributed by atoms with Crippen LogP contribution < -0.4 is 5.73 Å². The summed E-state index contributed by atoms with van der Waals surface area (Å²) in [6.45, 7) is 11.4. The Bertz CT molecular complexity index is 1330. The Kier molecular flexibility index (Phi) is 5.32. The van der Waals surface area contributed by atoms with E-state index in [9.17, 15) is 14.4 Å². The quantitative estimate of drug-likeness (QED) is 0.367. The number of carbonyl (C=O) groups is 3. The molecule has 1 aromatic heterocycles. The maximum Gasteiger partial charge on any atom is 0.435 e. The van der Waals surface area contributed by atoms with Gasteiger partial charge in [-0.1, -0.05) is 12.6 Å². The molecule has 2 heterocycles. The Balaban J connectivity index is 1.77. The third-order valence-electron chi connectivity index (χ3n) is 5.44. The van der Waals surface area contributed by atoms with Crippen molar-refractivity contribution >= 4 is 34.9 Å². The molecule has 33 heavy (non-hydrogen) atoms. The predicted octanol–water partition coefficient (Wildman–Crippen LogP) is 4.09. The Labute approximate surface area is 191 Å². The number of aldehydes is 1. The van der Waals surface area contributed by atoms with E-state index in [1.165, 1.54) is 4.68 Å². The van der Waals surface area contributed by atoms with E-state index in [0.717, 1.165) is 22.1 Å². The first kappa shape index (κ1) is 22.3. The van der Waals surface area contributed by atoms with Gasteiger partial charge in [-0.15, -0.1) is 0 Å². The van der Waals surface area contributed by atoms with E-state index in [0.29, 0.717) is 40.9 Å². The van der Waals surface area contributed by atoms with E-state index in [1.807, 2.05) is 31.2 Å². The summed E-state index contributed by atoms with van der Waals surface area (Å²) < 4.78 is 6.73. The average Bonchev–Trinajstić information content (AvgIpc) is 3.23. The number of carbonyl (C=O) groups excluding carboxylic acids is 3. The predicted molar refractivity (Wildman–Crippen MR) is 126 cm³/mol. The Morgan fingerprint density at radius 3 is 2.61 bits per heavy atom. The molecule has 2 N–H and O–H groups in total. The van der Waals surface area contributed by atoms with Gasteiger partial charge in [0.1, 0.15) is 11.9 Å². The lowest BCUT2D eigenvalue weighted by Gasteiger charge is -2.19. The topological polar surface area (TPSA) is 108 Å². The van der Waals surface area contributed by atoms with Crippen LogP contribution in [0.4, 0.5) is 10.5 Å². The number of anilines is 1. The second kappa shape index (κ2) is 7.88. The summed E-state index contributed by atoms with van der Waals surface area (Å²) in [4.78, 5) is 38.1. The van der Waals surface area contributed by atoms with Crippen molar-refractivity contribution in [3.63, 3.8) is 0 Å². The molecule has 1 aliphatic rings. The molecule has 3 aromatic rings. The summed E-state index contributed by atoms with van der Waals surface area (Å²) in [5.74, 6) is -0.184. The molecule has 170 valence electrons. The number of nitrogens with zero attached hydrogens (tertiary/aromatic N) is 3. The summed E-state index contributed by atoms with van der Waals surface area (Å²) in [6, 6.07) is 9.11. The minimum absolute atomic E-state index is 0.164. The zero-order valence-electron chi connectivity index (χ0n) is 19.1. The van der Waals surface area contributed by atoms with Gasteiger partial charge in [0.2, 0.25) is 0 Å². The molecule has 0 atom stereocenters. The summed E-state index contributed by atoms with van der Waals surface area (Å²) in [6.07, 6.45) is 0.111. The normalized spacial score (nSPS) is 13.3. The van der Waals surface area contributed by atoms with E-state index in [4.69, 9.17) is 10.5 Å². The van der Waals surface area contributed by atoms with Gasteiger partial charge in [-0.25, -0.2) is 4.79 Å². The highest BCUT2D eigenvalue weighted by molar-refractivity contribution is 6.03. The van der Waals surface area contributed by atoms with Crippen molar-refractivity contribution in [1.82, 2.24) is 14.7 Å². The van der Waals surface area contributed by atoms with Gasteiger partial charge in [-0.3, -0.25) is 9.59 Å². The van der Waals surface area contributed by atoms with Crippen molar-refractivity contribution in [2.75, 3.05) is 12.3 Å². The third-order valence-corrected chi connectivity index (χ3v) is 5.44. The van der Waals surface area contributed by atoms with Crippen molar-refractivity contribution < 1.29 is 19.1 Å². The van der Waals surface area contributed by atoms with E-state index in [1.54, 1.807) is 31.7 Å². The molecule has 0 aliphatic carbocycles. The van der Waals surface area contributed by atoms with E-state index in [2.05, 4.69) is 11.7 Å². The van der Waals surface area contributed by atoms with Gasteiger partial charge in [0, 0.05) is 35.3 Å². The number of benzene rings is 2. The second-order valence-corrected chi connectivity index (χ2v) is 9.24. The van der Waals surface area contributed by atoms with Crippen LogP contribution in [0.15, 0.2) is 42.5 Å². The molecular weight excluding hydrogens is 420 g/mol. The van der Waals surface area contributed by atoms with Crippen LogP contribution >= 0.6 is 0 Å². The molecule has 0 unspecified atom stereocenters. The van der Waals surface area contributed by atoms with Gasteiger partial charge in [-0.2, -0.15) is 9.78 Å². The highest BCUT2D eigenvalue weighted by Gasteiger charge is 2.31. The van der Waals surface area contributed by atoms with Crippen LogP contribution in [0.3, 0.4) is 0 Å². The lowest BCUT2D eigenvalue weighted by molar-refractivity contribution is -0.105. The molecule has 4 rings (SSSR count). The number of aryl methyl sites for hydroxylation is 1. The summed E-state index contributed by atoms with van der Waals surface area (Å²) in [5, 5.41) is 5.17. The summed E-state index contributed by atoms with van der Waals surface area (Å²) in [5.41, 5.74) is 10.6. The average molecular weight is 447 g/mol. The molecule has 0 radical (unpaired) electrons. The molecule has 1 amide bonds. The number of fused-ring (bicyclic) bond motifs is 2. The van der Waals surface area contributed by atoms with Crippen LogP contribution in [-0.4, -0.2) is 45.1 Å². The number of rotatable bonds is 4. The molecule has 8 nitrogen and oxygen atoms in total. The number of ether oxygens (including phenoxy) is 1. The Morgan fingerprint density at radius 2 is 1.94 bits per heavy atom. The highest BCUT2D eigenvalue weighted by Crippen LogP contribution is 2.36. The standard InChI is InChI=1S/C25H26N4O4/c1-14(13-30)11-28-12-21-19(9-17(26)10-20(21)23(28)31)16-6-7-22-18(8-16)15(2)27-29(22)24(32)33-25(3,4)5/h6-10,13H,1,11-12,26H2,2-5H3. The minimum atomic E-state index is -0.640. The van der Waals surface area contributed by atoms with Crippen molar-refractivity contribution in [2.24, 2.45) is 0 Å². The van der Waals surface area contributed by atoms with Crippen LogP contribution in [0.1, 0.15) is 42.4 Å². The van der Waals surface area contributed by atoms with E-state index in [-0.39, 0.29) is 12.5 Å². The number of nitrogen functional groups attached to an aromatic ring is 1. The van der Waals surface area contributed by atoms with Gasteiger partial charge >= 0.3 is 6.09 Å². The van der Waals surface area contributed by atoms with Gasteiger partial charge in [-0.05, 0) is 68.7 Å². The van der Waals surface area contributed by atoms with Gasteiger partial charge < -0.3 is 15.4 Å². The van der Waals surface area contributed by atoms with Gasteiger partial charge in [0.25, 0.3) is 5.91 Å². The monoisotopic (exact) mass is 446 g/mol. The Morgan fingerprint density at radius 1 is 1.24 bits per heavy atom. The molecule has 1 aliphatic heterocycles. The summed E-state index contributed by atoms with van der Waals surface area (Å²) >= 11 is 0. The fourth-order valence-electron chi connectivity index (χ4n) is 4.04. The van der Waals surface area contributed by atoms with Crippen LogP contribution in [-0.2, 0) is 16.1 Å². The molecular formula is C25H26N4O4. The number of aromatic nitrogens is 2. The third kappa shape index (κ3) is 4.11. The van der Waals surface area contributed by atoms with Gasteiger partial charge in [0.05, 0.1) is 11.2 Å². The van der Waals surface area contributed by atoms with Crippen LogP contribution in [0, 0.1) is 6.92 Å². The van der Waals surface area contributed by atoms with Crippen molar-refractivity contribution in [2.45, 2.75) is 39.8 Å². The first-order chi connectivity index (χ1) is 15.5. The van der Waals surface area contributed by atoms with Crippen LogP contribution in [0.5, 0.6) is 0 Å². The minimum Gasteiger partial charge on any atom is -0.442 e. The molecule has 0 fully saturated rings. The molecule has 8 heteroatoms. The molecule has 0 bridgehead atoms. The zero-order valence-corrected chi connectivity index (χ0v) is 19.1. The van der Waals surface area contributed by atoms with Gasteiger partial charge in [0.15, 0.2) is 0 Å². The largest absolute Gasteiger partial charge is 0.442 e.